The first-order valence-electron chi connectivity index (χ1n) is 7.83. The molecule has 0 aliphatic rings. The van der Waals surface area contributed by atoms with E-state index in [9.17, 15) is 22.0 Å². The van der Waals surface area contributed by atoms with Gasteiger partial charge >= 0.3 is 0 Å². The summed E-state index contributed by atoms with van der Waals surface area (Å²) in [5.74, 6) is -0.969. The number of aryl methyl sites for hydroxylation is 1. The van der Waals surface area contributed by atoms with Crippen LogP contribution in [0.5, 0.6) is 0 Å². The SMILES string of the molecule is Cc1cc(F)ccc1S(=O)(=O)NCCc1cc2ccc(F)cc2[nH]c1=O. The minimum absolute atomic E-state index is 0.00503. The highest BCUT2D eigenvalue weighted by atomic mass is 32.2. The molecule has 0 atom stereocenters. The lowest BCUT2D eigenvalue weighted by Crippen LogP contribution is -2.28. The Labute approximate surface area is 148 Å². The smallest absolute Gasteiger partial charge is 0.251 e. The van der Waals surface area contributed by atoms with Gasteiger partial charge in [0, 0.05) is 12.1 Å². The number of nitrogens with one attached hydrogen (secondary N) is 2. The minimum Gasteiger partial charge on any atom is -0.322 e. The predicted octanol–water partition coefficient (Wildman–Crippen LogP) is 2.64. The molecule has 0 saturated heterocycles. The standard InChI is InChI=1S/C18H16F2N2O3S/c1-11-8-14(19)4-5-17(11)26(24,25)21-7-6-13-9-12-2-3-15(20)10-16(12)22-18(13)23/h2-5,8-10,21H,6-7H2,1H3,(H,22,23). The van der Waals surface area contributed by atoms with E-state index in [1.54, 1.807) is 6.07 Å². The van der Waals surface area contributed by atoms with E-state index < -0.39 is 27.2 Å². The van der Waals surface area contributed by atoms with Crippen molar-refractivity contribution in [2.45, 2.75) is 18.2 Å². The fraction of sp³-hybridized carbons (Fsp3) is 0.167. The molecule has 0 aliphatic heterocycles. The van der Waals surface area contributed by atoms with E-state index >= 15 is 0 Å². The van der Waals surface area contributed by atoms with Gasteiger partial charge in [0.05, 0.1) is 10.4 Å². The zero-order valence-electron chi connectivity index (χ0n) is 13.8. The van der Waals surface area contributed by atoms with Crippen LogP contribution in [0.1, 0.15) is 11.1 Å². The third-order valence-corrected chi connectivity index (χ3v) is 5.62. The van der Waals surface area contributed by atoms with Crippen LogP contribution in [0.2, 0.25) is 0 Å². The second-order valence-electron chi connectivity index (χ2n) is 5.91. The molecule has 0 saturated carbocycles. The third kappa shape index (κ3) is 3.81. The Kier molecular flexibility index (Phi) is 4.88. The maximum Gasteiger partial charge on any atom is 0.251 e. The van der Waals surface area contributed by atoms with Gasteiger partial charge in [0.25, 0.3) is 5.56 Å². The van der Waals surface area contributed by atoms with Crippen molar-refractivity contribution in [3.63, 3.8) is 0 Å². The molecule has 5 nitrogen and oxygen atoms in total. The van der Waals surface area contributed by atoms with Crippen LogP contribution in [0.3, 0.4) is 0 Å². The molecule has 0 radical (unpaired) electrons. The fourth-order valence-electron chi connectivity index (χ4n) is 2.72. The van der Waals surface area contributed by atoms with E-state index in [-0.39, 0.29) is 17.9 Å². The molecule has 0 amide bonds. The lowest BCUT2D eigenvalue weighted by Gasteiger charge is -2.09. The van der Waals surface area contributed by atoms with Gasteiger partial charge in [-0.3, -0.25) is 4.79 Å². The van der Waals surface area contributed by atoms with Crippen LogP contribution < -0.4 is 10.3 Å². The maximum absolute atomic E-state index is 13.2. The van der Waals surface area contributed by atoms with Gasteiger partial charge in [-0.2, -0.15) is 0 Å². The summed E-state index contributed by atoms with van der Waals surface area (Å²) in [6.07, 6.45) is 0.155. The summed E-state index contributed by atoms with van der Waals surface area (Å²) < 4.78 is 53.4. The number of hydrogen-bond donors (Lipinski definition) is 2. The van der Waals surface area contributed by atoms with E-state index in [4.69, 9.17) is 0 Å². The summed E-state index contributed by atoms with van der Waals surface area (Å²) in [5, 5.41) is 0.651. The van der Waals surface area contributed by atoms with Crippen LogP contribution in [0, 0.1) is 18.6 Å². The van der Waals surface area contributed by atoms with Gasteiger partial charge in [0.15, 0.2) is 0 Å². The summed E-state index contributed by atoms with van der Waals surface area (Å²) in [6.45, 7) is 1.50. The first-order valence-corrected chi connectivity index (χ1v) is 9.32. The van der Waals surface area contributed by atoms with Crippen molar-refractivity contribution in [1.29, 1.82) is 0 Å². The van der Waals surface area contributed by atoms with Crippen LogP contribution in [0.25, 0.3) is 10.9 Å². The van der Waals surface area contributed by atoms with E-state index in [0.29, 0.717) is 22.0 Å². The van der Waals surface area contributed by atoms with Crippen LogP contribution in [0.15, 0.2) is 52.2 Å². The van der Waals surface area contributed by atoms with E-state index in [2.05, 4.69) is 9.71 Å². The largest absolute Gasteiger partial charge is 0.322 e. The molecule has 0 fully saturated rings. The van der Waals surface area contributed by atoms with Crippen molar-refractivity contribution in [2.75, 3.05) is 6.54 Å². The number of aromatic amines is 1. The average Bonchev–Trinajstić information content (AvgIpc) is 2.55. The van der Waals surface area contributed by atoms with Crippen molar-refractivity contribution < 1.29 is 17.2 Å². The minimum atomic E-state index is -3.82. The number of rotatable bonds is 5. The quantitative estimate of drug-likeness (QED) is 0.716. The number of pyridine rings is 1. The molecule has 8 heteroatoms. The van der Waals surface area contributed by atoms with Crippen molar-refractivity contribution in [3.05, 3.63) is 75.6 Å². The van der Waals surface area contributed by atoms with Gasteiger partial charge in [-0.25, -0.2) is 21.9 Å². The van der Waals surface area contributed by atoms with Gasteiger partial charge in [0.2, 0.25) is 10.0 Å². The van der Waals surface area contributed by atoms with Crippen molar-refractivity contribution in [3.8, 4) is 0 Å². The number of benzene rings is 2. The zero-order chi connectivity index (χ0) is 18.9. The van der Waals surface area contributed by atoms with Crippen LogP contribution in [0.4, 0.5) is 8.78 Å². The molecule has 3 aromatic rings. The first-order chi connectivity index (χ1) is 12.3. The normalized spacial score (nSPS) is 11.8. The summed E-state index contributed by atoms with van der Waals surface area (Å²) in [4.78, 5) is 14.6. The Hall–Kier alpha value is -2.58. The number of halogens is 2. The summed E-state index contributed by atoms with van der Waals surface area (Å²) in [5.41, 5.74) is 0.646. The Bertz CT molecular complexity index is 1140. The first kappa shape index (κ1) is 18.2. The second kappa shape index (κ2) is 6.97. The number of H-pyrrole nitrogens is 1. The molecular weight excluding hydrogens is 362 g/mol. The molecule has 0 spiro atoms. The van der Waals surface area contributed by atoms with E-state index in [0.717, 1.165) is 12.1 Å². The summed E-state index contributed by atoms with van der Waals surface area (Å²) in [7, 11) is -3.82. The van der Waals surface area contributed by atoms with Gasteiger partial charge in [-0.05, 0) is 66.8 Å². The fourth-order valence-corrected chi connectivity index (χ4v) is 3.97. The van der Waals surface area contributed by atoms with Gasteiger partial charge in [-0.15, -0.1) is 0 Å². The van der Waals surface area contributed by atoms with Crippen molar-refractivity contribution in [1.82, 2.24) is 9.71 Å². The number of sulfonamides is 1. The highest BCUT2D eigenvalue weighted by molar-refractivity contribution is 7.89. The number of aromatic nitrogens is 1. The molecule has 0 unspecified atom stereocenters. The molecular formula is C18H16F2N2O3S. The van der Waals surface area contributed by atoms with Crippen molar-refractivity contribution >= 4 is 20.9 Å². The van der Waals surface area contributed by atoms with Crippen molar-refractivity contribution in [2.24, 2.45) is 0 Å². The van der Waals surface area contributed by atoms with Crippen LogP contribution >= 0.6 is 0 Å². The van der Waals surface area contributed by atoms with Crippen LogP contribution in [-0.2, 0) is 16.4 Å². The number of hydrogen-bond acceptors (Lipinski definition) is 3. The molecule has 2 N–H and O–H groups in total. The monoisotopic (exact) mass is 378 g/mol. The Balaban J connectivity index is 1.77. The molecule has 2 aromatic carbocycles. The van der Waals surface area contributed by atoms with Crippen LogP contribution in [-0.4, -0.2) is 19.9 Å². The van der Waals surface area contributed by atoms with E-state index in [1.165, 1.54) is 31.2 Å². The highest BCUT2D eigenvalue weighted by Crippen LogP contribution is 2.16. The van der Waals surface area contributed by atoms with Gasteiger partial charge in [-0.1, -0.05) is 0 Å². The lowest BCUT2D eigenvalue weighted by molar-refractivity contribution is 0.579. The zero-order valence-corrected chi connectivity index (χ0v) is 14.7. The molecule has 136 valence electrons. The topological polar surface area (TPSA) is 79.0 Å². The van der Waals surface area contributed by atoms with Gasteiger partial charge < -0.3 is 4.98 Å². The Morgan fingerprint density at radius 3 is 2.46 bits per heavy atom. The molecule has 1 heterocycles. The molecule has 1 aromatic heterocycles. The summed E-state index contributed by atoms with van der Waals surface area (Å²) >= 11 is 0. The van der Waals surface area contributed by atoms with Gasteiger partial charge in [0.1, 0.15) is 11.6 Å². The maximum atomic E-state index is 13.2. The second-order valence-corrected chi connectivity index (χ2v) is 7.65. The average molecular weight is 378 g/mol. The highest BCUT2D eigenvalue weighted by Gasteiger charge is 2.17. The Morgan fingerprint density at radius 1 is 1.04 bits per heavy atom. The summed E-state index contributed by atoms with van der Waals surface area (Å²) in [6, 6.07) is 9.06. The third-order valence-electron chi connectivity index (χ3n) is 4.00. The van der Waals surface area contributed by atoms with E-state index in [1.807, 2.05) is 0 Å². The predicted molar refractivity (Wildman–Crippen MR) is 94.6 cm³/mol. The molecule has 3 rings (SSSR count). The number of fused-ring (bicyclic) bond motifs is 1. The molecule has 26 heavy (non-hydrogen) atoms. The molecule has 0 bridgehead atoms. The Morgan fingerprint density at radius 2 is 1.73 bits per heavy atom. The molecule has 0 aliphatic carbocycles. The lowest BCUT2D eigenvalue weighted by atomic mass is 10.1.